The molecule has 0 radical (unpaired) electrons. The summed E-state index contributed by atoms with van der Waals surface area (Å²) in [5.74, 6) is -0.0185. The van der Waals surface area contributed by atoms with Crippen LogP contribution >= 0.6 is 22.6 Å². The monoisotopic (exact) mass is 359 g/mol. The Morgan fingerprint density at radius 3 is 2.78 bits per heavy atom. The van der Waals surface area contributed by atoms with Gasteiger partial charge in [-0.25, -0.2) is 0 Å². The van der Waals surface area contributed by atoms with Gasteiger partial charge in [0.25, 0.3) is 5.91 Å². The summed E-state index contributed by atoms with van der Waals surface area (Å²) in [6.07, 6.45) is 5.31. The van der Waals surface area contributed by atoms with E-state index in [9.17, 15) is 4.79 Å². The number of carbonyl (C=O) groups is 1. The Balaban J connectivity index is 1.70. The zero-order valence-electron chi connectivity index (χ0n) is 10.3. The van der Waals surface area contributed by atoms with Gasteiger partial charge in [0.2, 0.25) is 0 Å². The highest BCUT2D eigenvalue weighted by Crippen LogP contribution is 2.20. The first-order valence-electron chi connectivity index (χ1n) is 6.41. The van der Waals surface area contributed by atoms with Crippen molar-refractivity contribution in [2.75, 3.05) is 13.2 Å². The molecule has 0 bridgehead atoms. The summed E-state index contributed by atoms with van der Waals surface area (Å²) in [6.45, 7) is 1.19. The lowest BCUT2D eigenvalue weighted by Crippen LogP contribution is -2.28. The quantitative estimate of drug-likeness (QED) is 0.649. The first-order chi connectivity index (χ1) is 8.77. The summed E-state index contributed by atoms with van der Waals surface area (Å²) in [4.78, 5) is 11.9. The third kappa shape index (κ3) is 3.95. The van der Waals surface area contributed by atoms with E-state index >= 15 is 0 Å². The normalized spacial score (nSPS) is 15.8. The second-order valence-electron chi connectivity index (χ2n) is 4.51. The van der Waals surface area contributed by atoms with Crippen molar-refractivity contribution in [2.45, 2.75) is 31.8 Å². The van der Waals surface area contributed by atoms with Gasteiger partial charge in [-0.3, -0.25) is 4.79 Å². The predicted molar refractivity (Wildman–Crippen MR) is 79.7 cm³/mol. The summed E-state index contributed by atoms with van der Waals surface area (Å²) in [5, 5.41) is 2.89. The highest BCUT2D eigenvalue weighted by molar-refractivity contribution is 14.1. The summed E-state index contributed by atoms with van der Waals surface area (Å²) < 4.78 is 6.68. The number of amides is 1. The molecule has 0 aromatic heterocycles. The average molecular weight is 359 g/mol. The van der Waals surface area contributed by atoms with Crippen molar-refractivity contribution in [2.24, 2.45) is 0 Å². The Hall–Kier alpha value is -0.620. The topological polar surface area (TPSA) is 38.3 Å². The minimum Gasteiger partial charge on any atom is -0.376 e. The molecular weight excluding hydrogens is 341 g/mol. The van der Waals surface area contributed by atoms with Gasteiger partial charge in [0.05, 0.1) is 18.3 Å². The van der Waals surface area contributed by atoms with Crippen LogP contribution in [0.1, 0.15) is 36.0 Å². The Labute approximate surface area is 121 Å². The SMILES string of the molecule is O=C(NCCOC1CCCC1)c1ccccc1I. The number of ether oxygens (including phenoxy) is 1. The zero-order chi connectivity index (χ0) is 12.8. The maximum absolute atomic E-state index is 11.9. The van der Waals surface area contributed by atoms with Crippen LogP contribution in [0.5, 0.6) is 0 Å². The molecule has 3 nitrogen and oxygen atoms in total. The van der Waals surface area contributed by atoms with E-state index in [4.69, 9.17) is 4.74 Å². The van der Waals surface area contributed by atoms with Gasteiger partial charge in [-0.2, -0.15) is 0 Å². The molecule has 1 N–H and O–H groups in total. The number of nitrogens with one attached hydrogen (secondary N) is 1. The van der Waals surface area contributed by atoms with Gasteiger partial charge in [-0.15, -0.1) is 0 Å². The van der Waals surface area contributed by atoms with Crippen molar-refractivity contribution in [3.05, 3.63) is 33.4 Å². The van der Waals surface area contributed by atoms with Crippen LogP contribution in [0.3, 0.4) is 0 Å². The van der Waals surface area contributed by atoms with Crippen molar-refractivity contribution in [3.8, 4) is 0 Å². The molecular formula is C14H18INO2. The fourth-order valence-electron chi connectivity index (χ4n) is 2.19. The second-order valence-corrected chi connectivity index (χ2v) is 5.68. The number of halogens is 1. The van der Waals surface area contributed by atoms with E-state index in [-0.39, 0.29) is 5.91 Å². The van der Waals surface area contributed by atoms with Gasteiger partial charge in [-0.05, 0) is 47.6 Å². The van der Waals surface area contributed by atoms with E-state index in [1.165, 1.54) is 25.7 Å². The standard InChI is InChI=1S/C14H18INO2/c15-13-8-4-3-7-12(13)14(17)16-9-10-18-11-5-1-2-6-11/h3-4,7-8,11H,1-2,5-6,9-10H2,(H,16,17). The fraction of sp³-hybridized carbons (Fsp3) is 0.500. The molecule has 1 aromatic rings. The second kappa shape index (κ2) is 7.09. The van der Waals surface area contributed by atoms with Crippen LogP contribution in [-0.4, -0.2) is 25.2 Å². The summed E-state index contributed by atoms with van der Waals surface area (Å²) in [5.41, 5.74) is 0.735. The van der Waals surface area contributed by atoms with E-state index in [1.54, 1.807) is 0 Å². The number of hydrogen-bond donors (Lipinski definition) is 1. The smallest absolute Gasteiger partial charge is 0.252 e. The molecule has 2 rings (SSSR count). The lowest BCUT2D eigenvalue weighted by Gasteiger charge is -2.11. The van der Waals surface area contributed by atoms with Gasteiger partial charge in [0.1, 0.15) is 0 Å². The molecule has 1 amide bonds. The molecule has 1 fully saturated rings. The van der Waals surface area contributed by atoms with Crippen molar-refractivity contribution in [1.82, 2.24) is 5.32 Å². The number of carbonyl (C=O) groups excluding carboxylic acids is 1. The van der Waals surface area contributed by atoms with Crippen LogP contribution < -0.4 is 5.32 Å². The van der Waals surface area contributed by atoms with E-state index in [0.717, 1.165) is 9.13 Å². The highest BCUT2D eigenvalue weighted by atomic mass is 127. The van der Waals surface area contributed by atoms with Crippen molar-refractivity contribution in [3.63, 3.8) is 0 Å². The zero-order valence-corrected chi connectivity index (χ0v) is 12.5. The molecule has 0 atom stereocenters. The Kier molecular flexibility index (Phi) is 5.44. The summed E-state index contributed by atoms with van der Waals surface area (Å²) in [6, 6.07) is 7.59. The molecule has 0 heterocycles. The lowest BCUT2D eigenvalue weighted by atomic mass is 10.2. The molecule has 4 heteroatoms. The fourth-order valence-corrected chi connectivity index (χ4v) is 2.82. The third-order valence-electron chi connectivity index (χ3n) is 3.16. The Bertz CT molecular complexity index is 403. The highest BCUT2D eigenvalue weighted by Gasteiger charge is 2.15. The van der Waals surface area contributed by atoms with Gasteiger partial charge < -0.3 is 10.1 Å². The average Bonchev–Trinajstić information content (AvgIpc) is 2.88. The first kappa shape index (κ1) is 13.8. The minimum atomic E-state index is -0.0185. The van der Waals surface area contributed by atoms with Gasteiger partial charge >= 0.3 is 0 Å². The van der Waals surface area contributed by atoms with Crippen molar-refractivity contribution < 1.29 is 9.53 Å². The Morgan fingerprint density at radius 2 is 2.06 bits per heavy atom. The Morgan fingerprint density at radius 1 is 1.33 bits per heavy atom. The van der Waals surface area contributed by atoms with Crippen LogP contribution in [-0.2, 0) is 4.74 Å². The van der Waals surface area contributed by atoms with Crippen LogP contribution in [0.15, 0.2) is 24.3 Å². The third-order valence-corrected chi connectivity index (χ3v) is 4.10. The van der Waals surface area contributed by atoms with Gasteiger partial charge in [0.15, 0.2) is 0 Å². The molecule has 0 aliphatic heterocycles. The first-order valence-corrected chi connectivity index (χ1v) is 7.49. The van der Waals surface area contributed by atoms with E-state index in [0.29, 0.717) is 19.3 Å². The predicted octanol–water partition coefficient (Wildman–Crippen LogP) is 2.98. The van der Waals surface area contributed by atoms with Crippen molar-refractivity contribution in [1.29, 1.82) is 0 Å². The molecule has 18 heavy (non-hydrogen) atoms. The molecule has 1 saturated carbocycles. The van der Waals surface area contributed by atoms with Crippen LogP contribution in [0, 0.1) is 3.57 Å². The number of rotatable bonds is 5. The van der Waals surface area contributed by atoms with Gasteiger partial charge in [0, 0.05) is 10.1 Å². The largest absolute Gasteiger partial charge is 0.376 e. The molecule has 0 saturated heterocycles. The summed E-state index contributed by atoms with van der Waals surface area (Å²) >= 11 is 2.18. The number of benzene rings is 1. The number of hydrogen-bond acceptors (Lipinski definition) is 2. The molecule has 0 spiro atoms. The minimum absolute atomic E-state index is 0.0185. The van der Waals surface area contributed by atoms with E-state index < -0.39 is 0 Å². The molecule has 0 unspecified atom stereocenters. The maximum Gasteiger partial charge on any atom is 0.252 e. The van der Waals surface area contributed by atoms with E-state index in [1.807, 2.05) is 24.3 Å². The van der Waals surface area contributed by atoms with E-state index in [2.05, 4.69) is 27.9 Å². The molecule has 1 aliphatic rings. The lowest BCUT2D eigenvalue weighted by molar-refractivity contribution is 0.0581. The van der Waals surface area contributed by atoms with Crippen LogP contribution in [0.25, 0.3) is 0 Å². The van der Waals surface area contributed by atoms with Crippen LogP contribution in [0.2, 0.25) is 0 Å². The van der Waals surface area contributed by atoms with Crippen molar-refractivity contribution >= 4 is 28.5 Å². The summed E-state index contributed by atoms with van der Waals surface area (Å²) in [7, 11) is 0. The van der Waals surface area contributed by atoms with Gasteiger partial charge in [-0.1, -0.05) is 25.0 Å². The molecule has 98 valence electrons. The van der Waals surface area contributed by atoms with Crippen LogP contribution in [0.4, 0.5) is 0 Å². The maximum atomic E-state index is 11.9. The molecule has 1 aromatic carbocycles. The molecule has 1 aliphatic carbocycles.